The zero-order valence-electron chi connectivity index (χ0n) is 11.7. The summed E-state index contributed by atoms with van der Waals surface area (Å²) in [5, 5.41) is 15.5. The molecule has 0 spiro atoms. The molecule has 0 bridgehead atoms. The van der Waals surface area contributed by atoms with Crippen molar-refractivity contribution in [2.45, 2.75) is 25.9 Å². The number of methoxy groups -OCH3 is 1. The van der Waals surface area contributed by atoms with Crippen LogP contribution in [0.2, 0.25) is 0 Å². The van der Waals surface area contributed by atoms with Gasteiger partial charge in [0.25, 0.3) is 17.7 Å². The molecular weight excluding hydrogens is 278 g/mol. The van der Waals surface area contributed by atoms with E-state index in [1.54, 1.807) is 13.8 Å². The number of fused-ring (bicyclic) bond motifs is 1. The molecule has 110 valence electrons. The van der Waals surface area contributed by atoms with Crippen LogP contribution in [0.15, 0.2) is 17.2 Å². The highest BCUT2D eigenvalue weighted by Crippen LogP contribution is 2.44. The van der Waals surface area contributed by atoms with Gasteiger partial charge in [0.15, 0.2) is 0 Å². The van der Waals surface area contributed by atoms with Crippen molar-refractivity contribution in [1.29, 1.82) is 0 Å². The molecule has 0 radical (unpaired) electrons. The lowest BCUT2D eigenvalue weighted by molar-refractivity contribution is -0.386. The van der Waals surface area contributed by atoms with Gasteiger partial charge in [-0.15, -0.1) is 0 Å². The highest BCUT2D eigenvalue weighted by molar-refractivity contribution is 6.07. The molecule has 21 heavy (non-hydrogen) atoms. The van der Waals surface area contributed by atoms with Crippen LogP contribution in [-0.2, 0) is 26.3 Å². The maximum Gasteiger partial charge on any atom is 0.275 e. The van der Waals surface area contributed by atoms with Gasteiger partial charge in [-0.3, -0.25) is 14.9 Å². The molecule has 0 saturated heterocycles. The zero-order valence-corrected chi connectivity index (χ0v) is 11.7. The van der Waals surface area contributed by atoms with E-state index in [1.807, 2.05) is 0 Å². The van der Waals surface area contributed by atoms with Crippen molar-refractivity contribution in [1.82, 2.24) is 0 Å². The van der Waals surface area contributed by atoms with Gasteiger partial charge in [0, 0.05) is 13.2 Å². The van der Waals surface area contributed by atoms with Gasteiger partial charge in [-0.05, 0) is 25.5 Å². The maximum absolute atomic E-state index is 12.3. The number of hydrogen-bond acceptors (Lipinski definition) is 6. The minimum absolute atomic E-state index is 0.0108. The molecule has 1 aliphatic heterocycles. The monoisotopic (exact) mass is 291 g/mol. The fourth-order valence-corrected chi connectivity index (χ4v) is 2.37. The Morgan fingerprint density at radius 3 is 2.67 bits per heavy atom. The molecule has 0 unspecified atom stereocenters. The number of nitro groups is 1. The molecule has 0 saturated carbocycles. The van der Waals surface area contributed by atoms with Crippen molar-refractivity contribution < 1.29 is 19.2 Å². The van der Waals surface area contributed by atoms with Crippen LogP contribution in [0.3, 0.4) is 0 Å². The third kappa shape index (κ3) is 2.20. The number of anilines is 1. The van der Waals surface area contributed by atoms with E-state index in [4.69, 9.17) is 4.74 Å². The number of amides is 1. The smallest absolute Gasteiger partial charge is 0.275 e. The van der Waals surface area contributed by atoms with Gasteiger partial charge in [0.05, 0.1) is 28.2 Å². The second-order valence-corrected chi connectivity index (χ2v) is 5.12. The van der Waals surface area contributed by atoms with E-state index in [0.717, 1.165) is 5.01 Å². The summed E-state index contributed by atoms with van der Waals surface area (Å²) in [6.07, 6.45) is 1.32. The second kappa shape index (κ2) is 5.08. The van der Waals surface area contributed by atoms with Crippen LogP contribution < -0.4 is 5.01 Å². The number of nitro benzene ring substituents is 1. The number of carbonyl (C=O) groups is 1. The molecule has 1 aliphatic rings. The van der Waals surface area contributed by atoms with Gasteiger partial charge in [0.2, 0.25) is 0 Å². The number of hydrogen-bond donors (Lipinski definition) is 0. The topological polar surface area (TPSA) is 102 Å². The Kier molecular flexibility index (Phi) is 3.59. The van der Waals surface area contributed by atoms with E-state index < -0.39 is 16.2 Å². The van der Waals surface area contributed by atoms with Crippen LogP contribution in [0.4, 0.5) is 11.4 Å². The second-order valence-electron chi connectivity index (χ2n) is 5.12. The number of rotatable bonds is 4. The molecule has 0 atom stereocenters. The number of isocyanates is 1. The molecule has 2 rings (SSSR count). The van der Waals surface area contributed by atoms with Crippen molar-refractivity contribution in [3.8, 4) is 0 Å². The predicted molar refractivity (Wildman–Crippen MR) is 72.4 cm³/mol. The van der Waals surface area contributed by atoms with Gasteiger partial charge in [-0.25, -0.2) is 4.79 Å². The minimum atomic E-state index is -1.01. The summed E-state index contributed by atoms with van der Waals surface area (Å²) in [6, 6.07) is 2.78. The van der Waals surface area contributed by atoms with Crippen molar-refractivity contribution >= 4 is 23.4 Å². The Bertz CT molecular complexity index is 677. The van der Waals surface area contributed by atoms with Crippen LogP contribution in [0.5, 0.6) is 0 Å². The quantitative estimate of drug-likeness (QED) is 0.363. The van der Waals surface area contributed by atoms with E-state index in [-0.39, 0.29) is 12.3 Å². The van der Waals surface area contributed by atoms with Gasteiger partial charge in [-0.2, -0.15) is 5.01 Å². The molecule has 1 heterocycles. The van der Waals surface area contributed by atoms with Gasteiger partial charge >= 0.3 is 0 Å². The summed E-state index contributed by atoms with van der Waals surface area (Å²) in [7, 11) is 1.41. The summed E-state index contributed by atoms with van der Waals surface area (Å²) in [5.74, 6) is -0.440. The zero-order chi connectivity index (χ0) is 15.8. The van der Waals surface area contributed by atoms with Gasteiger partial charge in [0.1, 0.15) is 0 Å². The van der Waals surface area contributed by atoms with Crippen molar-refractivity contribution in [2.24, 2.45) is 5.10 Å². The maximum atomic E-state index is 12.3. The SMILES string of the molecule is COCc1cc2c(cc1[N+](=O)[O-])C(C)(C)C(=O)N2N=C=O. The number of carbonyl (C=O) groups excluding carboxylic acids is 2. The first-order chi connectivity index (χ1) is 9.84. The van der Waals surface area contributed by atoms with Crippen LogP contribution in [0.25, 0.3) is 0 Å². The first-order valence-electron chi connectivity index (χ1n) is 6.07. The summed E-state index contributed by atoms with van der Waals surface area (Å²) in [4.78, 5) is 33.4. The lowest BCUT2D eigenvalue weighted by Crippen LogP contribution is -2.32. The minimum Gasteiger partial charge on any atom is -0.380 e. The fourth-order valence-electron chi connectivity index (χ4n) is 2.37. The number of hydrazone groups is 1. The molecular formula is C13H13N3O5. The van der Waals surface area contributed by atoms with E-state index in [2.05, 4.69) is 5.10 Å². The van der Waals surface area contributed by atoms with E-state index in [1.165, 1.54) is 25.3 Å². The first kappa shape index (κ1) is 14.8. The number of ether oxygens (including phenoxy) is 1. The molecule has 0 N–H and O–H groups in total. The Morgan fingerprint density at radius 1 is 1.48 bits per heavy atom. The molecule has 1 aromatic carbocycles. The lowest BCUT2D eigenvalue weighted by atomic mass is 9.85. The predicted octanol–water partition coefficient (Wildman–Crippen LogP) is 1.62. The third-order valence-corrected chi connectivity index (χ3v) is 3.46. The average Bonchev–Trinajstić information content (AvgIpc) is 2.60. The van der Waals surface area contributed by atoms with Crippen LogP contribution in [-0.4, -0.2) is 24.0 Å². The largest absolute Gasteiger partial charge is 0.380 e. The van der Waals surface area contributed by atoms with Crippen molar-refractivity contribution in [3.05, 3.63) is 33.4 Å². The van der Waals surface area contributed by atoms with Crippen LogP contribution >= 0.6 is 0 Å². The molecule has 0 fully saturated rings. The number of nitrogens with zero attached hydrogens (tertiary/aromatic N) is 3. The van der Waals surface area contributed by atoms with Crippen LogP contribution in [0, 0.1) is 10.1 Å². The molecule has 8 nitrogen and oxygen atoms in total. The molecule has 1 aromatic rings. The Balaban J connectivity index is 2.74. The molecule has 1 amide bonds. The summed E-state index contributed by atoms with van der Waals surface area (Å²) in [6.45, 7) is 3.25. The van der Waals surface area contributed by atoms with E-state index in [0.29, 0.717) is 16.8 Å². The van der Waals surface area contributed by atoms with Crippen LogP contribution in [0.1, 0.15) is 25.0 Å². The van der Waals surface area contributed by atoms with Crippen molar-refractivity contribution in [3.63, 3.8) is 0 Å². The first-order valence-corrected chi connectivity index (χ1v) is 6.07. The Morgan fingerprint density at radius 2 is 2.14 bits per heavy atom. The van der Waals surface area contributed by atoms with Crippen molar-refractivity contribution in [2.75, 3.05) is 12.1 Å². The highest BCUT2D eigenvalue weighted by Gasteiger charge is 2.46. The lowest BCUT2D eigenvalue weighted by Gasteiger charge is -2.15. The third-order valence-electron chi connectivity index (χ3n) is 3.46. The fraction of sp³-hybridized carbons (Fsp3) is 0.385. The summed E-state index contributed by atoms with van der Waals surface area (Å²) >= 11 is 0. The Hall–Kier alpha value is -2.57. The van der Waals surface area contributed by atoms with Gasteiger partial charge < -0.3 is 4.74 Å². The standard InChI is InChI=1S/C13H13N3O5/c1-13(2)9-5-10(16(19)20)8(6-21-3)4-11(9)15(12(13)18)14-7-17/h4-5H,6H2,1-3H3. The average molecular weight is 291 g/mol. The Labute approximate surface area is 120 Å². The normalized spacial score (nSPS) is 15.6. The number of benzene rings is 1. The van der Waals surface area contributed by atoms with Gasteiger partial charge in [-0.1, -0.05) is 5.10 Å². The van der Waals surface area contributed by atoms with E-state index in [9.17, 15) is 19.7 Å². The molecule has 0 aromatic heterocycles. The molecule has 8 heteroatoms. The summed E-state index contributed by atoms with van der Waals surface area (Å²) in [5.41, 5.74) is -0.0539. The molecule has 0 aliphatic carbocycles. The van der Waals surface area contributed by atoms with E-state index >= 15 is 0 Å². The summed E-state index contributed by atoms with van der Waals surface area (Å²) < 4.78 is 4.94. The highest BCUT2D eigenvalue weighted by atomic mass is 16.6.